The SMILES string of the molecule is O=[N+]([O-])c1cc(F)ccc1NC1CCCN(CC2COc3ccccc3O2)C1. The van der Waals surface area contributed by atoms with Gasteiger partial charge in [0.15, 0.2) is 11.5 Å². The molecular formula is C20H22FN3O4. The van der Waals surface area contributed by atoms with Gasteiger partial charge in [-0.15, -0.1) is 0 Å². The van der Waals surface area contributed by atoms with Gasteiger partial charge < -0.3 is 14.8 Å². The Balaban J connectivity index is 1.37. The summed E-state index contributed by atoms with van der Waals surface area (Å²) in [5.41, 5.74) is 0.113. The number of halogens is 1. The van der Waals surface area contributed by atoms with E-state index in [0.717, 1.165) is 50.0 Å². The van der Waals surface area contributed by atoms with E-state index in [4.69, 9.17) is 9.47 Å². The zero-order valence-electron chi connectivity index (χ0n) is 15.3. The van der Waals surface area contributed by atoms with Gasteiger partial charge in [-0.3, -0.25) is 15.0 Å². The lowest BCUT2D eigenvalue weighted by Crippen LogP contribution is -2.48. The van der Waals surface area contributed by atoms with Crippen molar-refractivity contribution in [3.63, 3.8) is 0 Å². The molecule has 1 N–H and O–H groups in total. The molecule has 8 heteroatoms. The number of likely N-dealkylation sites (tertiary alicyclic amines) is 1. The molecule has 148 valence electrons. The molecule has 2 aromatic rings. The molecule has 2 aliphatic heterocycles. The fourth-order valence-electron chi connectivity index (χ4n) is 3.78. The van der Waals surface area contributed by atoms with E-state index in [1.54, 1.807) is 0 Å². The highest BCUT2D eigenvalue weighted by atomic mass is 19.1. The Kier molecular flexibility index (Phi) is 5.29. The van der Waals surface area contributed by atoms with Crippen LogP contribution in [0.2, 0.25) is 0 Å². The summed E-state index contributed by atoms with van der Waals surface area (Å²) in [5.74, 6) is 0.908. The van der Waals surface area contributed by atoms with Gasteiger partial charge >= 0.3 is 0 Å². The Labute approximate surface area is 162 Å². The molecule has 7 nitrogen and oxygen atoms in total. The fraction of sp³-hybridized carbons (Fsp3) is 0.400. The third-order valence-corrected chi connectivity index (χ3v) is 5.05. The summed E-state index contributed by atoms with van der Waals surface area (Å²) in [4.78, 5) is 12.9. The molecule has 2 aliphatic rings. The second-order valence-corrected chi connectivity index (χ2v) is 7.16. The van der Waals surface area contributed by atoms with E-state index in [-0.39, 0.29) is 17.8 Å². The number of benzene rings is 2. The third-order valence-electron chi connectivity index (χ3n) is 5.05. The summed E-state index contributed by atoms with van der Waals surface area (Å²) in [7, 11) is 0. The molecule has 0 amide bonds. The van der Waals surface area contributed by atoms with Crippen molar-refractivity contribution >= 4 is 11.4 Å². The Bertz CT molecular complexity index is 863. The monoisotopic (exact) mass is 387 g/mol. The van der Waals surface area contributed by atoms with Crippen molar-refractivity contribution in [3.8, 4) is 11.5 Å². The van der Waals surface area contributed by atoms with Crippen molar-refractivity contribution in [2.24, 2.45) is 0 Å². The van der Waals surface area contributed by atoms with E-state index in [1.807, 2.05) is 24.3 Å². The summed E-state index contributed by atoms with van der Waals surface area (Å²) < 4.78 is 25.2. The number of rotatable bonds is 5. The largest absolute Gasteiger partial charge is 0.486 e. The number of nitrogens with one attached hydrogen (secondary N) is 1. The maximum atomic E-state index is 13.3. The highest BCUT2D eigenvalue weighted by Crippen LogP contribution is 2.31. The molecule has 0 aromatic heterocycles. The fourth-order valence-corrected chi connectivity index (χ4v) is 3.78. The first-order chi connectivity index (χ1) is 13.6. The molecule has 1 saturated heterocycles. The van der Waals surface area contributed by atoms with Crippen molar-refractivity contribution in [2.75, 3.05) is 31.6 Å². The van der Waals surface area contributed by atoms with E-state index >= 15 is 0 Å². The van der Waals surface area contributed by atoms with Gasteiger partial charge in [0.2, 0.25) is 0 Å². The van der Waals surface area contributed by atoms with E-state index in [2.05, 4.69) is 10.2 Å². The van der Waals surface area contributed by atoms with Crippen LogP contribution in [0, 0.1) is 15.9 Å². The quantitative estimate of drug-likeness (QED) is 0.626. The maximum Gasteiger partial charge on any atom is 0.295 e. The lowest BCUT2D eigenvalue weighted by atomic mass is 10.0. The highest BCUT2D eigenvalue weighted by Gasteiger charge is 2.27. The molecule has 2 atom stereocenters. The lowest BCUT2D eigenvalue weighted by molar-refractivity contribution is -0.384. The minimum atomic E-state index is -0.614. The molecule has 2 aromatic carbocycles. The van der Waals surface area contributed by atoms with Crippen molar-refractivity contribution < 1.29 is 18.8 Å². The standard InChI is InChI=1S/C20H22FN3O4/c21-14-7-8-17(18(10-14)24(25)26)22-15-4-3-9-23(11-15)12-16-13-27-19-5-1-2-6-20(19)28-16/h1-2,5-8,10,15-16,22H,3-4,9,11-13H2. The summed E-state index contributed by atoms with van der Waals surface area (Å²) in [5, 5.41) is 14.4. The summed E-state index contributed by atoms with van der Waals surface area (Å²) >= 11 is 0. The van der Waals surface area contributed by atoms with Crippen LogP contribution in [0.25, 0.3) is 0 Å². The number of piperidine rings is 1. The number of hydrogen-bond acceptors (Lipinski definition) is 6. The molecule has 2 unspecified atom stereocenters. The van der Waals surface area contributed by atoms with Gasteiger partial charge in [0.05, 0.1) is 11.0 Å². The molecule has 2 heterocycles. The van der Waals surface area contributed by atoms with Crippen molar-refractivity contribution in [1.82, 2.24) is 4.90 Å². The minimum Gasteiger partial charge on any atom is -0.486 e. The summed E-state index contributed by atoms with van der Waals surface area (Å²) in [6.45, 7) is 2.88. The number of hydrogen-bond donors (Lipinski definition) is 1. The van der Waals surface area contributed by atoms with E-state index in [0.29, 0.717) is 12.3 Å². The molecular weight excluding hydrogens is 365 g/mol. The van der Waals surface area contributed by atoms with Crippen LogP contribution in [-0.2, 0) is 0 Å². The molecule has 1 fully saturated rings. The minimum absolute atomic E-state index is 0.0507. The Morgan fingerprint density at radius 3 is 2.89 bits per heavy atom. The average Bonchev–Trinajstić information content (AvgIpc) is 2.69. The number of fused-ring (bicyclic) bond motifs is 1. The Hall–Kier alpha value is -2.87. The second kappa shape index (κ2) is 8.02. The van der Waals surface area contributed by atoms with Crippen LogP contribution >= 0.6 is 0 Å². The third kappa shape index (κ3) is 4.17. The van der Waals surface area contributed by atoms with Gasteiger partial charge in [-0.05, 0) is 43.7 Å². The Morgan fingerprint density at radius 1 is 1.25 bits per heavy atom. The number of nitro groups is 1. The van der Waals surface area contributed by atoms with Crippen LogP contribution in [0.4, 0.5) is 15.8 Å². The van der Waals surface area contributed by atoms with Crippen LogP contribution < -0.4 is 14.8 Å². The van der Waals surface area contributed by atoms with Crippen molar-refractivity contribution in [3.05, 3.63) is 58.4 Å². The number of anilines is 1. The Morgan fingerprint density at radius 2 is 2.07 bits per heavy atom. The molecule has 4 rings (SSSR count). The number of para-hydroxylation sites is 2. The molecule has 28 heavy (non-hydrogen) atoms. The molecule has 0 radical (unpaired) electrons. The lowest BCUT2D eigenvalue weighted by Gasteiger charge is -2.36. The van der Waals surface area contributed by atoms with Gasteiger partial charge in [-0.25, -0.2) is 4.39 Å². The van der Waals surface area contributed by atoms with E-state index in [1.165, 1.54) is 12.1 Å². The summed E-state index contributed by atoms with van der Waals surface area (Å²) in [6, 6.07) is 11.3. The maximum absolute atomic E-state index is 13.3. The van der Waals surface area contributed by atoms with Crippen molar-refractivity contribution in [1.29, 1.82) is 0 Å². The van der Waals surface area contributed by atoms with Crippen LogP contribution in [0.5, 0.6) is 11.5 Å². The predicted molar refractivity (Wildman–Crippen MR) is 102 cm³/mol. The van der Waals surface area contributed by atoms with Crippen LogP contribution in [-0.4, -0.2) is 48.2 Å². The van der Waals surface area contributed by atoms with E-state index in [9.17, 15) is 14.5 Å². The zero-order chi connectivity index (χ0) is 19.5. The topological polar surface area (TPSA) is 76.9 Å². The van der Waals surface area contributed by atoms with Gasteiger partial charge in [0.25, 0.3) is 5.69 Å². The van der Waals surface area contributed by atoms with Gasteiger partial charge in [0.1, 0.15) is 24.2 Å². The first-order valence-corrected chi connectivity index (χ1v) is 9.40. The molecule has 0 aliphatic carbocycles. The van der Waals surface area contributed by atoms with Gasteiger partial charge in [-0.2, -0.15) is 0 Å². The number of nitrogens with zero attached hydrogens (tertiary/aromatic N) is 2. The van der Waals surface area contributed by atoms with Gasteiger partial charge in [-0.1, -0.05) is 12.1 Å². The van der Waals surface area contributed by atoms with E-state index < -0.39 is 10.7 Å². The highest BCUT2D eigenvalue weighted by molar-refractivity contribution is 5.61. The predicted octanol–water partition coefficient (Wildman–Crippen LogP) is 3.45. The number of ether oxygens (including phenoxy) is 2. The summed E-state index contributed by atoms with van der Waals surface area (Å²) in [6.07, 6.45) is 1.81. The average molecular weight is 387 g/mol. The van der Waals surface area contributed by atoms with Crippen LogP contribution in [0.1, 0.15) is 12.8 Å². The first-order valence-electron chi connectivity index (χ1n) is 9.40. The normalized spacial score (nSPS) is 21.9. The molecule has 0 bridgehead atoms. The molecule has 0 spiro atoms. The van der Waals surface area contributed by atoms with Crippen LogP contribution in [0.3, 0.4) is 0 Å². The molecule has 0 saturated carbocycles. The first kappa shape index (κ1) is 18.5. The smallest absolute Gasteiger partial charge is 0.295 e. The van der Waals surface area contributed by atoms with Gasteiger partial charge in [0, 0.05) is 19.1 Å². The van der Waals surface area contributed by atoms with Crippen molar-refractivity contribution in [2.45, 2.75) is 25.0 Å². The second-order valence-electron chi connectivity index (χ2n) is 7.16. The van der Waals surface area contributed by atoms with Crippen LogP contribution in [0.15, 0.2) is 42.5 Å². The number of nitro benzene ring substituents is 1. The zero-order valence-corrected chi connectivity index (χ0v) is 15.3.